The molecule has 1 N–H and O–H groups in total. The molecule has 0 fully saturated rings. The summed E-state index contributed by atoms with van der Waals surface area (Å²) in [5, 5.41) is 10.3. The lowest BCUT2D eigenvalue weighted by Gasteiger charge is -2.25. The van der Waals surface area contributed by atoms with Gasteiger partial charge in [0.05, 0.1) is 26.9 Å². The third-order valence-corrected chi connectivity index (χ3v) is 3.91. The maximum Gasteiger partial charge on any atom is 0.161 e. The van der Waals surface area contributed by atoms with E-state index < -0.39 is 6.10 Å². The molecule has 0 amide bonds. The zero-order chi connectivity index (χ0) is 19.4. The molecular formula is C20H35NO5. The van der Waals surface area contributed by atoms with Crippen molar-refractivity contribution in [1.29, 1.82) is 0 Å². The van der Waals surface area contributed by atoms with Gasteiger partial charge in [0, 0.05) is 40.0 Å². The summed E-state index contributed by atoms with van der Waals surface area (Å²) in [7, 11) is 4.96. The largest absolute Gasteiger partial charge is 0.493 e. The Balaban J connectivity index is 2.67. The zero-order valence-corrected chi connectivity index (χ0v) is 16.9. The van der Waals surface area contributed by atoms with Gasteiger partial charge >= 0.3 is 0 Å². The molecule has 0 unspecified atom stereocenters. The van der Waals surface area contributed by atoms with E-state index in [2.05, 4.69) is 18.7 Å². The molecular weight excluding hydrogens is 334 g/mol. The summed E-state index contributed by atoms with van der Waals surface area (Å²) in [6.45, 7) is 8.01. The van der Waals surface area contributed by atoms with Crippen LogP contribution in [0.5, 0.6) is 11.5 Å². The molecule has 6 heteroatoms. The van der Waals surface area contributed by atoms with E-state index in [9.17, 15) is 5.11 Å². The minimum atomic E-state index is -0.517. The number of aliphatic hydroxyl groups is 1. The second-order valence-electron chi connectivity index (χ2n) is 6.86. The number of methoxy groups -OCH3 is 3. The average Bonchev–Trinajstić information content (AvgIpc) is 2.61. The number of hydrogen-bond donors (Lipinski definition) is 1. The van der Waals surface area contributed by atoms with Gasteiger partial charge in [-0.1, -0.05) is 19.9 Å². The summed E-state index contributed by atoms with van der Waals surface area (Å²) in [6, 6.07) is 5.90. The molecule has 26 heavy (non-hydrogen) atoms. The molecule has 0 saturated carbocycles. The van der Waals surface area contributed by atoms with Crippen LogP contribution < -0.4 is 9.47 Å². The first kappa shape index (κ1) is 22.7. The fraction of sp³-hybridized carbons (Fsp3) is 0.700. The van der Waals surface area contributed by atoms with E-state index in [1.54, 1.807) is 21.3 Å². The summed E-state index contributed by atoms with van der Waals surface area (Å²) in [4.78, 5) is 2.21. The van der Waals surface area contributed by atoms with Crippen molar-refractivity contribution in [3.05, 3.63) is 23.8 Å². The van der Waals surface area contributed by atoms with Gasteiger partial charge in [-0.15, -0.1) is 0 Å². The van der Waals surface area contributed by atoms with Crippen molar-refractivity contribution in [2.45, 2.75) is 32.9 Å². The number of benzene rings is 1. The Labute approximate surface area is 158 Å². The number of rotatable bonds is 14. The molecule has 1 rings (SSSR count). The quantitative estimate of drug-likeness (QED) is 0.509. The Kier molecular flexibility index (Phi) is 11.3. The first-order valence-corrected chi connectivity index (χ1v) is 9.18. The first-order valence-electron chi connectivity index (χ1n) is 9.18. The highest BCUT2D eigenvalue weighted by atomic mass is 16.5. The first-order chi connectivity index (χ1) is 12.5. The monoisotopic (exact) mass is 369 g/mol. The van der Waals surface area contributed by atoms with E-state index in [1.165, 1.54) is 0 Å². The minimum absolute atomic E-state index is 0.352. The Morgan fingerprint density at radius 3 is 2.38 bits per heavy atom. The lowest BCUT2D eigenvalue weighted by Crippen LogP contribution is -2.35. The molecule has 6 nitrogen and oxygen atoms in total. The highest BCUT2D eigenvalue weighted by molar-refractivity contribution is 5.42. The van der Waals surface area contributed by atoms with E-state index >= 15 is 0 Å². The second kappa shape index (κ2) is 12.9. The summed E-state index contributed by atoms with van der Waals surface area (Å²) >= 11 is 0. The van der Waals surface area contributed by atoms with Crippen molar-refractivity contribution in [3.63, 3.8) is 0 Å². The van der Waals surface area contributed by atoms with Gasteiger partial charge in [-0.25, -0.2) is 0 Å². The van der Waals surface area contributed by atoms with Gasteiger partial charge in [-0.2, -0.15) is 0 Å². The molecule has 0 saturated heterocycles. The molecule has 0 bridgehead atoms. The van der Waals surface area contributed by atoms with Crippen molar-refractivity contribution in [1.82, 2.24) is 4.90 Å². The topological polar surface area (TPSA) is 60.4 Å². The molecule has 0 heterocycles. The molecule has 0 radical (unpaired) electrons. The van der Waals surface area contributed by atoms with Gasteiger partial charge in [-0.05, 0) is 30.0 Å². The molecule has 1 aromatic carbocycles. The van der Waals surface area contributed by atoms with Gasteiger partial charge in [0.25, 0.3) is 0 Å². The van der Waals surface area contributed by atoms with E-state index in [4.69, 9.17) is 18.9 Å². The van der Waals surface area contributed by atoms with Crippen LogP contribution in [0.15, 0.2) is 18.2 Å². The standard InChI is InChI=1S/C20H35NO5/c1-16(2)14-26-15-18(22)13-21(9-6-10-23-3)12-17-7-8-19(24-4)20(11-17)25-5/h7-8,11,16,18,22H,6,9-10,12-15H2,1-5H3/t18-/m1/s1. The lowest BCUT2D eigenvalue weighted by atomic mass is 10.1. The average molecular weight is 370 g/mol. The van der Waals surface area contributed by atoms with Crippen LogP contribution in [-0.2, 0) is 16.0 Å². The summed E-state index contributed by atoms with van der Waals surface area (Å²) in [5.74, 6) is 1.89. The Morgan fingerprint density at radius 2 is 1.77 bits per heavy atom. The lowest BCUT2D eigenvalue weighted by molar-refractivity contribution is 0.00580. The molecule has 150 valence electrons. The molecule has 0 aromatic heterocycles. The van der Waals surface area contributed by atoms with Crippen LogP contribution in [0.4, 0.5) is 0 Å². The fourth-order valence-corrected chi connectivity index (χ4v) is 2.70. The second-order valence-corrected chi connectivity index (χ2v) is 6.86. The maximum absolute atomic E-state index is 10.3. The smallest absolute Gasteiger partial charge is 0.161 e. The highest BCUT2D eigenvalue weighted by Gasteiger charge is 2.14. The number of ether oxygens (including phenoxy) is 4. The van der Waals surface area contributed by atoms with Gasteiger partial charge < -0.3 is 24.1 Å². The van der Waals surface area contributed by atoms with Crippen LogP contribution in [0.2, 0.25) is 0 Å². The van der Waals surface area contributed by atoms with Crippen molar-refractivity contribution >= 4 is 0 Å². The number of nitrogens with zero attached hydrogens (tertiary/aromatic N) is 1. The van der Waals surface area contributed by atoms with E-state index in [0.29, 0.717) is 50.3 Å². The van der Waals surface area contributed by atoms with Gasteiger partial charge in [0.2, 0.25) is 0 Å². The van der Waals surface area contributed by atoms with Gasteiger partial charge in [0.15, 0.2) is 11.5 Å². The minimum Gasteiger partial charge on any atom is -0.493 e. The maximum atomic E-state index is 10.3. The van der Waals surface area contributed by atoms with Crippen molar-refractivity contribution in [2.75, 3.05) is 54.2 Å². The van der Waals surface area contributed by atoms with Crippen LogP contribution in [0.3, 0.4) is 0 Å². The third-order valence-electron chi connectivity index (χ3n) is 3.91. The summed E-state index contributed by atoms with van der Waals surface area (Å²) in [6.07, 6.45) is 0.389. The van der Waals surface area contributed by atoms with Crippen LogP contribution in [0, 0.1) is 5.92 Å². The predicted molar refractivity (Wildman–Crippen MR) is 103 cm³/mol. The summed E-state index contributed by atoms with van der Waals surface area (Å²) in [5.41, 5.74) is 1.11. The van der Waals surface area contributed by atoms with E-state index in [1.807, 2.05) is 18.2 Å². The number of aliphatic hydroxyl groups excluding tert-OH is 1. The highest BCUT2D eigenvalue weighted by Crippen LogP contribution is 2.28. The van der Waals surface area contributed by atoms with Crippen LogP contribution in [-0.4, -0.2) is 70.3 Å². The molecule has 0 aliphatic rings. The predicted octanol–water partition coefficient (Wildman–Crippen LogP) is 2.58. The van der Waals surface area contributed by atoms with Crippen molar-refractivity contribution in [2.24, 2.45) is 5.92 Å². The van der Waals surface area contributed by atoms with Crippen molar-refractivity contribution in [3.8, 4) is 11.5 Å². The SMILES string of the molecule is COCCCN(Cc1ccc(OC)c(OC)c1)C[C@@H](O)COCC(C)C. The Hall–Kier alpha value is -1.34. The molecule has 0 spiro atoms. The molecule has 0 aliphatic carbocycles. The molecule has 1 atom stereocenters. The number of hydrogen-bond acceptors (Lipinski definition) is 6. The molecule has 0 aliphatic heterocycles. The normalized spacial score (nSPS) is 12.6. The summed E-state index contributed by atoms with van der Waals surface area (Å²) < 4.78 is 21.4. The van der Waals surface area contributed by atoms with Crippen LogP contribution in [0.25, 0.3) is 0 Å². The molecule has 1 aromatic rings. The Bertz CT molecular complexity index is 495. The Morgan fingerprint density at radius 1 is 1.04 bits per heavy atom. The fourth-order valence-electron chi connectivity index (χ4n) is 2.70. The van der Waals surface area contributed by atoms with Gasteiger partial charge in [0.1, 0.15) is 0 Å². The van der Waals surface area contributed by atoms with E-state index in [0.717, 1.165) is 18.5 Å². The van der Waals surface area contributed by atoms with Crippen molar-refractivity contribution < 1.29 is 24.1 Å². The third kappa shape index (κ3) is 8.85. The van der Waals surface area contributed by atoms with Crippen LogP contribution in [0.1, 0.15) is 25.8 Å². The van der Waals surface area contributed by atoms with E-state index in [-0.39, 0.29) is 0 Å². The van der Waals surface area contributed by atoms with Crippen LogP contribution >= 0.6 is 0 Å². The zero-order valence-electron chi connectivity index (χ0n) is 16.9. The van der Waals surface area contributed by atoms with Gasteiger partial charge in [-0.3, -0.25) is 4.90 Å².